The van der Waals surface area contributed by atoms with Crippen molar-refractivity contribution >= 4 is 16.9 Å². The number of para-hydroxylation sites is 1. The Hall–Kier alpha value is -1.81. The highest BCUT2D eigenvalue weighted by Crippen LogP contribution is 2.34. The molecule has 0 N–H and O–H groups in total. The molecule has 0 radical (unpaired) electrons. The minimum absolute atomic E-state index is 0.212. The van der Waals surface area contributed by atoms with Crippen LogP contribution in [-0.2, 0) is 16.0 Å². The largest absolute Gasteiger partial charge is 0.465 e. The quantitative estimate of drug-likeness (QED) is 0.716. The van der Waals surface area contributed by atoms with Crippen molar-refractivity contribution in [3.8, 4) is 0 Å². The van der Waals surface area contributed by atoms with E-state index >= 15 is 0 Å². The van der Waals surface area contributed by atoms with Crippen LogP contribution in [0.2, 0.25) is 0 Å². The average molecular weight is 317 g/mol. The first-order valence-corrected chi connectivity index (χ1v) is 8.50. The van der Waals surface area contributed by atoms with Gasteiger partial charge in [0.15, 0.2) is 0 Å². The monoisotopic (exact) mass is 317 g/mol. The molecule has 1 aromatic carbocycles. The lowest BCUT2D eigenvalue weighted by Crippen LogP contribution is -2.35. The number of aryl methyl sites for hydroxylation is 2. The molecule has 0 amide bonds. The molecule has 0 aliphatic heterocycles. The van der Waals surface area contributed by atoms with E-state index in [1.54, 1.807) is 0 Å². The van der Waals surface area contributed by atoms with Crippen LogP contribution < -0.4 is 0 Å². The third-order valence-corrected chi connectivity index (χ3v) is 4.40. The number of esters is 1. The van der Waals surface area contributed by atoms with Gasteiger partial charge in [-0.05, 0) is 32.5 Å². The number of likely N-dealkylation sites (N-methyl/N-ethyl adjacent to an activating group) is 1. The second-order valence-electron chi connectivity index (χ2n) is 5.60. The molecule has 126 valence electrons. The molecular weight excluding hydrogens is 290 g/mol. The summed E-state index contributed by atoms with van der Waals surface area (Å²) in [6.07, 6.45) is 0.843. The topological polar surface area (TPSA) is 42.7 Å². The predicted octanol–water partition coefficient (Wildman–Crippen LogP) is 4.25. The molecule has 2 rings (SSSR count). The maximum absolute atomic E-state index is 12.6. The second kappa shape index (κ2) is 7.64. The smallest absolute Gasteiger partial charge is 0.328 e. The van der Waals surface area contributed by atoms with E-state index in [1.807, 2.05) is 19.1 Å². The lowest BCUT2D eigenvalue weighted by molar-refractivity contribution is -0.149. The summed E-state index contributed by atoms with van der Waals surface area (Å²) in [5.74, 6) is 0.769. The van der Waals surface area contributed by atoms with Gasteiger partial charge in [0.05, 0.1) is 6.61 Å². The lowest BCUT2D eigenvalue weighted by atomic mass is 10.0. The van der Waals surface area contributed by atoms with Gasteiger partial charge in [-0.3, -0.25) is 4.90 Å². The summed E-state index contributed by atoms with van der Waals surface area (Å²) in [5.41, 5.74) is 2.87. The molecule has 0 spiro atoms. The van der Waals surface area contributed by atoms with Gasteiger partial charge in [0.1, 0.15) is 17.4 Å². The maximum Gasteiger partial charge on any atom is 0.328 e. The molecule has 0 aliphatic carbocycles. The molecule has 2 aromatic rings. The minimum Gasteiger partial charge on any atom is -0.465 e. The van der Waals surface area contributed by atoms with E-state index in [-0.39, 0.29) is 5.97 Å². The Morgan fingerprint density at radius 3 is 2.48 bits per heavy atom. The molecule has 1 aromatic heterocycles. The number of hydrogen-bond acceptors (Lipinski definition) is 4. The summed E-state index contributed by atoms with van der Waals surface area (Å²) in [4.78, 5) is 14.7. The van der Waals surface area contributed by atoms with E-state index in [2.05, 4.69) is 38.7 Å². The zero-order valence-electron chi connectivity index (χ0n) is 14.8. The molecule has 1 heterocycles. The summed E-state index contributed by atoms with van der Waals surface area (Å²) in [5, 5.41) is 1.08. The van der Waals surface area contributed by atoms with Crippen LogP contribution in [0.3, 0.4) is 0 Å². The van der Waals surface area contributed by atoms with Crippen molar-refractivity contribution in [1.29, 1.82) is 0 Å². The second-order valence-corrected chi connectivity index (χ2v) is 5.60. The Kier molecular flexibility index (Phi) is 5.83. The standard InChI is InChI=1S/C19H27NO3/c1-6-16-13(5)14-11-10-12-15(18(14)23-16)17(19(21)22-9-4)20(7-2)8-3/h10-12,17H,6-9H2,1-5H3. The molecular formula is C19H27NO3. The van der Waals surface area contributed by atoms with Crippen LogP contribution in [-0.4, -0.2) is 30.6 Å². The molecule has 0 aliphatic rings. The van der Waals surface area contributed by atoms with Gasteiger partial charge in [-0.15, -0.1) is 0 Å². The Morgan fingerprint density at radius 2 is 1.91 bits per heavy atom. The van der Waals surface area contributed by atoms with Gasteiger partial charge in [-0.25, -0.2) is 4.79 Å². The highest BCUT2D eigenvalue weighted by molar-refractivity contribution is 5.90. The summed E-state index contributed by atoms with van der Waals surface area (Å²) < 4.78 is 11.4. The Bertz CT molecular complexity index is 671. The first kappa shape index (κ1) is 17.5. The highest BCUT2D eigenvalue weighted by atomic mass is 16.5. The zero-order valence-corrected chi connectivity index (χ0v) is 14.8. The molecule has 4 heteroatoms. The van der Waals surface area contributed by atoms with Crippen LogP contribution in [0.4, 0.5) is 0 Å². The first-order chi connectivity index (χ1) is 11.1. The molecule has 0 saturated carbocycles. The number of ether oxygens (including phenoxy) is 1. The van der Waals surface area contributed by atoms with Crippen molar-refractivity contribution < 1.29 is 13.9 Å². The fourth-order valence-electron chi connectivity index (χ4n) is 3.15. The number of carbonyl (C=O) groups excluding carboxylic acids is 1. The van der Waals surface area contributed by atoms with Gasteiger partial charge in [-0.1, -0.05) is 39.0 Å². The van der Waals surface area contributed by atoms with Crippen LogP contribution in [0.15, 0.2) is 22.6 Å². The number of benzene rings is 1. The molecule has 1 unspecified atom stereocenters. The highest BCUT2D eigenvalue weighted by Gasteiger charge is 2.30. The molecule has 4 nitrogen and oxygen atoms in total. The van der Waals surface area contributed by atoms with E-state index in [4.69, 9.17) is 9.15 Å². The van der Waals surface area contributed by atoms with Crippen molar-refractivity contribution in [1.82, 2.24) is 4.90 Å². The van der Waals surface area contributed by atoms with Crippen LogP contribution in [0.5, 0.6) is 0 Å². The van der Waals surface area contributed by atoms with E-state index in [1.165, 1.54) is 0 Å². The lowest BCUT2D eigenvalue weighted by Gasteiger charge is -2.28. The van der Waals surface area contributed by atoms with Crippen molar-refractivity contribution in [3.63, 3.8) is 0 Å². The van der Waals surface area contributed by atoms with Gasteiger partial charge in [0.25, 0.3) is 0 Å². The number of rotatable bonds is 7. The van der Waals surface area contributed by atoms with Crippen LogP contribution >= 0.6 is 0 Å². The van der Waals surface area contributed by atoms with Crippen LogP contribution in [0.25, 0.3) is 11.0 Å². The summed E-state index contributed by atoms with van der Waals surface area (Å²) in [6.45, 7) is 12.0. The number of furan rings is 1. The van der Waals surface area contributed by atoms with E-state index in [9.17, 15) is 4.79 Å². The first-order valence-electron chi connectivity index (χ1n) is 8.50. The van der Waals surface area contributed by atoms with Crippen molar-refractivity contribution in [2.75, 3.05) is 19.7 Å². The number of hydrogen-bond donors (Lipinski definition) is 0. The molecule has 0 bridgehead atoms. The number of carbonyl (C=O) groups is 1. The third-order valence-electron chi connectivity index (χ3n) is 4.40. The molecule has 23 heavy (non-hydrogen) atoms. The zero-order chi connectivity index (χ0) is 17.0. The third kappa shape index (κ3) is 3.27. The summed E-state index contributed by atoms with van der Waals surface area (Å²) in [7, 11) is 0. The van der Waals surface area contributed by atoms with Gasteiger partial charge in [0.2, 0.25) is 0 Å². The van der Waals surface area contributed by atoms with Gasteiger partial charge in [0, 0.05) is 17.4 Å². The van der Waals surface area contributed by atoms with E-state index in [0.717, 1.165) is 47.4 Å². The van der Waals surface area contributed by atoms with Crippen molar-refractivity contribution in [2.45, 2.75) is 47.1 Å². The number of nitrogens with zero attached hydrogens (tertiary/aromatic N) is 1. The Labute approximate surface area is 138 Å². The van der Waals surface area contributed by atoms with Crippen molar-refractivity contribution in [3.05, 3.63) is 35.1 Å². The molecule has 0 saturated heterocycles. The number of fused-ring (bicyclic) bond motifs is 1. The maximum atomic E-state index is 12.6. The van der Waals surface area contributed by atoms with E-state index < -0.39 is 6.04 Å². The summed E-state index contributed by atoms with van der Waals surface area (Å²) >= 11 is 0. The normalized spacial score (nSPS) is 12.8. The minimum atomic E-state index is -0.427. The Morgan fingerprint density at radius 1 is 1.22 bits per heavy atom. The average Bonchev–Trinajstić information content (AvgIpc) is 2.89. The predicted molar refractivity (Wildman–Crippen MR) is 92.6 cm³/mol. The van der Waals surface area contributed by atoms with Gasteiger partial charge in [-0.2, -0.15) is 0 Å². The van der Waals surface area contributed by atoms with Gasteiger partial charge >= 0.3 is 5.97 Å². The molecule has 0 fully saturated rings. The fraction of sp³-hybridized carbons (Fsp3) is 0.526. The van der Waals surface area contributed by atoms with Crippen molar-refractivity contribution in [2.24, 2.45) is 0 Å². The SMILES string of the molecule is CCOC(=O)C(c1cccc2c(C)c(CC)oc12)N(CC)CC. The van der Waals surface area contributed by atoms with Crippen LogP contribution in [0, 0.1) is 6.92 Å². The molecule has 1 atom stereocenters. The van der Waals surface area contributed by atoms with Gasteiger partial charge < -0.3 is 9.15 Å². The Balaban J connectivity index is 2.62. The van der Waals surface area contributed by atoms with E-state index in [0.29, 0.717) is 6.61 Å². The van der Waals surface area contributed by atoms with Crippen LogP contribution in [0.1, 0.15) is 50.6 Å². The summed E-state index contributed by atoms with van der Waals surface area (Å²) in [6, 6.07) is 5.60. The fourth-order valence-corrected chi connectivity index (χ4v) is 3.15.